The Morgan fingerprint density at radius 1 is 1.55 bits per heavy atom. The molecule has 0 spiro atoms. The molecule has 1 radical (unpaired) electrons. The van der Waals surface area contributed by atoms with E-state index < -0.39 is 0 Å². The van der Waals surface area contributed by atoms with E-state index >= 15 is 0 Å². The van der Waals surface area contributed by atoms with Crippen molar-refractivity contribution in [1.29, 1.82) is 5.26 Å². The molecule has 0 amide bonds. The van der Waals surface area contributed by atoms with Crippen molar-refractivity contribution in [3.8, 4) is 5.97 Å². The molecule has 3 nitrogen and oxygen atoms in total. The monoisotopic (exact) mass is 150 g/mol. The summed E-state index contributed by atoms with van der Waals surface area (Å²) in [5, 5.41) is 8.37. The predicted octanol–water partition coefficient (Wildman–Crippen LogP) is -0.243. The van der Waals surface area contributed by atoms with Crippen molar-refractivity contribution in [3.63, 3.8) is 0 Å². The molecule has 0 unspecified atom stereocenters. The molecule has 1 aliphatic rings. The van der Waals surface area contributed by atoms with Crippen LogP contribution >= 0.6 is 0 Å². The second-order valence-electron chi connectivity index (χ2n) is 2.97. The summed E-state index contributed by atoms with van der Waals surface area (Å²) in [5.41, 5.74) is 5.53. The lowest BCUT2D eigenvalue weighted by molar-refractivity contribution is 0.285. The van der Waals surface area contributed by atoms with E-state index in [-0.39, 0.29) is 0 Å². The molecule has 1 saturated heterocycles. The summed E-state index contributed by atoms with van der Waals surface area (Å²) in [4.78, 5) is 2.06. The third kappa shape index (κ3) is 2.53. The molecule has 0 aromatic heterocycles. The van der Waals surface area contributed by atoms with Crippen LogP contribution in [0.2, 0.25) is 0 Å². The van der Waals surface area contributed by atoms with Crippen LogP contribution in [0.3, 0.4) is 0 Å². The van der Waals surface area contributed by atoms with Crippen molar-refractivity contribution >= 4 is 7.41 Å². The van der Waals surface area contributed by atoms with Crippen LogP contribution in [-0.2, 0) is 0 Å². The Morgan fingerprint density at radius 2 is 2.18 bits per heavy atom. The molecule has 11 heavy (non-hydrogen) atoms. The van der Waals surface area contributed by atoms with E-state index in [1.807, 2.05) is 5.97 Å². The first-order chi connectivity index (χ1) is 5.36. The van der Waals surface area contributed by atoms with Crippen molar-refractivity contribution in [1.82, 2.24) is 4.81 Å². The molecule has 0 saturated carbocycles. The number of piperidine rings is 1. The summed E-state index contributed by atoms with van der Waals surface area (Å²) >= 11 is 0. The van der Waals surface area contributed by atoms with Gasteiger partial charge >= 0.3 is 7.41 Å². The maximum Gasteiger partial charge on any atom is 0.351 e. The van der Waals surface area contributed by atoms with Gasteiger partial charge in [-0.05, 0) is 38.4 Å². The Bertz CT molecular complexity index is 146. The molecule has 59 valence electrons. The fourth-order valence-electron chi connectivity index (χ4n) is 1.40. The number of hydrogen-bond acceptors (Lipinski definition) is 3. The van der Waals surface area contributed by atoms with Gasteiger partial charge in [0.15, 0.2) is 0 Å². The van der Waals surface area contributed by atoms with E-state index in [9.17, 15) is 0 Å². The molecule has 0 aromatic rings. The summed E-state index contributed by atoms with van der Waals surface area (Å²) in [6, 6.07) is 0. The Labute approximate surface area is 68.4 Å². The zero-order chi connectivity index (χ0) is 8.10. The smallest absolute Gasteiger partial charge is 0.333 e. The second kappa shape index (κ2) is 4.37. The minimum Gasteiger partial charge on any atom is -0.333 e. The normalized spacial score (nSPS) is 21.1. The quantitative estimate of drug-likeness (QED) is 0.552. The van der Waals surface area contributed by atoms with Crippen LogP contribution < -0.4 is 5.73 Å². The average molecular weight is 150 g/mol. The van der Waals surface area contributed by atoms with Crippen LogP contribution in [0, 0.1) is 17.1 Å². The van der Waals surface area contributed by atoms with E-state index in [1.54, 1.807) is 7.41 Å². The Balaban J connectivity index is 2.20. The molecule has 1 aliphatic heterocycles. The average Bonchev–Trinajstić information content (AvgIpc) is 2.07. The maximum absolute atomic E-state index is 8.37. The van der Waals surface area contributed by atoms with Gasteiger partial charge in [-0.15, -0.1) is 0 Å². The summed E-state index contributed by atoms with van der Waals surface area (Å²) in [6.45, 7) is 2.78. The standard InChI is InChI=1S/C7H13BN3/c9-5-7-1-3-11(4-2-7)8-6-10/h7H,1-5,9H2. The summed E-state index contributed by atoms with van der Waals surface area (Å²) in [6.07, 6.45) is 2.27. The minimum atomic E-state index is 0.679. The van der Waals surface area contributed by atoms with Gasteiger partial charge in [-0.1, -0.05) is 0 Å². The fourth-order valence-corrected chi connectivity index (χ4v) is 1.40. The van der Waals surface area contributed by atoms with Crippen LogP contribution in [0.4, 0.5) is 0 Å². The van der Waals surface area contributed by atoms with Gasteiger partial charge in [-0.25, -0.2) is 5.26 Å². The highest BCUT2D eigenvalue weighted by molar-refractivity contribution is 6.41. The van der Waals surface area contributed by atoms with Gasteiger partial charge < -0.3 is 10.5 Å². The van der Waals surface area contributed by atoms with Crippen LogP contribution in [-0.4, -0.2) is 31.9 Å². The van der Waals surface area contributed by atoms with E-state index in [2.05, 4.69) is 4.81 Å². The molecule has 0 atom stereocenters. The highest BCUT2D eigenvalue weighted by Gasteiger charge is 2.17. The first-order valence-corrected chi connectivity index (χ1v) is 4.04. The SMILES string of the molecule is N#C[B]N1CCC(CN)CC1. The van der Waals surface area contributed by atoms with Crippen LogP contribution in [0.1, 0.15) is 12.8 Å². The topological polar surface area (TPSA) is 53.0 Å². The molecule has 1 rings (SSSR count). The number of hydrogen-bond donors (Lipinski definition) is 1. The number of nitriles is 1. The van der Waals surface area contributed by atoms with E-state index in [0.717, 1.165) is 32.5 Å². The van der Waals surface area contributed by atoms with Gasteiger partial charge in [0.05, 0.1) is 0 Å². The van der Waals surface area contributed by atoms with Crippen LogP contribution in [0.15, 0.2) is 0 Å². The van der Waals surface area contributed by atoms with Crippen molar-refractivity contribution in [2.45, 2.75) is 12.8 Å². The number of nitrogens with two attached hydrogens (primary N) is 1. The predicted molar refractivity (Wildman–Crippen MR) is 44.7 cm³/mol. The lowest BCUT2D eigenvalue weighted by atomic mass is 9.87. The third-order valence-electron chi connectivity index (χ3n) is 2.22. The molecule has 4 heteroatoms. The van der Waals surface area contributed by atoms with Crippen molar-refractivity contribution in [2.24, 2.45) is 11.7 Å². The highest BCUT2D eigenvalue weighted by atomic mass is 15.0. The molecule has 2 N–H and O–H groups in total. The molecule has 0 aliphatic carbocycles. The third-order valence-corrected chi connectivity index (χ3v) is 2.22. The van der Waals surface area contributed by atoms with Gasteiger partial charge in [0.25, 0.3) is 0 Å². The van der Waals surface area contributed by atoms with Gasteiger partial charge in [0, 0.05) is 5.97 Å². The van der Waals surface area contributed by atoms with Crippen molar-refractivity contribution in [2.75, 3.05) is 19.6 Å². The van der Waals surface area contributed by atoms with E-state index in [1.165, 1.54) is 0 Å². The van der Waals surface area contributed by atoms with Crippen molar-refractivity contribution in [3.05, 3.63) is 0 Å². The largest absolute Gasteiger partial charge is 0.351 e. The lowest BCUT2D eigenvalue weighted by Gasteiger charge is -2.29. The molecular weight excluding hydrogens is 137 g/mol. The summed E-state index contributed by atoms with van der Waals surface area (Å²) in [7, 11) is 1.60. The second-order valence-corrected chi connectivity index (χ2v) is 2.97. The first-order valence-electron chi connectivity index (χ1n) is 4.04. The Morgan fingerprint density at radius 3 is 2.64 bits per heavy atom. The summed E-state index contributed by atoms with van der Waals surface area (Å²) < 4.78 is 0. The lowest BCUT2D eigenvalue weighted by Crippen LogP contribution is -2.37. The fraction of sp³-hybridized carbons (Fsp3) is 0.857. The number of nitrogens with zero attached hydrogens (tertiary/aromatic N) is 2. The van der Waals surface area contributed by atoms with Crippen molar-refractivity contribution < 1.29 is 0 Å². The molecule has 1 heterocycles. The first kappa shape index (κ1) is 8.57. The van der Waals surface area contributed by atoms with E-state index in [4.69, 9.17) is 11.0 Å². The zero-order valence-corrected chi connectivity index (χ0v) is 6.66. The number of rotatable bonds is 2. The van der Waals surface area contributed by atoms with Gasteiger partial charge in [0.2, 0.25) is 0 Å². The molecule has 0 bridgehead atoms. The Kier molecular flexibility index (Phi) is 3.41. The maximum atomic E-state index is 8.37. The summed E-state index contributed by atoms with van der Waals surface area (Å²) in [5.74, 6) is 2.72. The Hall–Kier alpha value is -0.525. The minimum absolute atomic E-state index is 0.679. The molecular formula is C7H13BN3. The zero-order valence-electron chi connectivity index (χ0n) is 6.66. The van der Waals surface area contributed by atoms with Crippen LogP contribution in [0.25, 0.3) is 0 Å². The van der Waals surface area contributed by atoms with Crippen LogP contribution in [0.5, 0.6) is 0 Å². The molecule has 1 fully saturated rings. The van der Waals surface area contributed by atoms with Gasteiger partial charge in [-0.3, -0.25) is 0 Å². The molecule has 0 aromatic carbocycles. The highest BCUT2D eigenvalue weighted by Crippen LogP contribution is 2.14. The van der Waals surface area contributed by atoms with Gasteiger partial charge in [-0.2, -0.15) is 0 Å². The van der Waals surface area contributed by atoms with Gasteiger partial charge in [0.1, 0.15) is 0 Å². The van der Waals surface area contributed by atoms with E-state index in [0.29, 0.717) is 5.92 Å².